The Balaban J connectivity index is 0.814. The third kappa shape index (κ3) is 6.09. The van der Waals surface area contributed by atoms with E-state index in [2.05, 4.69) is 24.3 Å². The summed E-state index contributed by atoms with van der Waals surface area (Å²) in [5, 5.41) is 21.9. The van der Waals surface area contributed by atoms with Gasteiger partial charge in [-0.2, -0.15) is 0 Å². The monoisotopic (exact) mass is 818 g/mol. The number of phenolic OH excluding ortho intramolecular Hbond substituents is 2. The Bertz CT molecular complexity index is 2310. The van der Waals surface area contributed by atoms with E-state index >= 15 is 0 Å². The molecule has 0 saturated heterocycles. The summed E-state index contributed by atoms with van der Waals surface area (Å²) in [6.07, 6.45) is 23.0. The molecule has 12 saturated carbocycles. The molecule has 0 unspecified atom stereocenters. The van der Waals surface area contributed by atoms with Gasteiger partial charge in [-0.05, 0) is 240 Å². The van der Waals surface area contributed by atoms with Gasteiger partial charge < -0.3 is 35.9 Å². The number of rotatable bonds is 9. The molecular formula is C54H62N2O5. The summed E-state index contributed by atoms with van der Waals surface area (Å²) >= 11 is 0. The van der Waals surface area contributed by atoms with Gasteiger partial charge in [-0.15, -0.1) is 0 Å². The molecule has 0 radical (unpaired) electrons. The molecule has 0 aromatic heterocycles. The quantitative estimate of drug-likeness (QED) is 0.0980. The fourth-order valence-electron chi connectivity index (χ4n) is 17.5. The standard InChI is InChI=1S/C54H62N2O5/c55-45-17-43(53-24-33-10-34(25-53)12-35(11-33)26-53)50(19-47(45)57)60-40-3-1-39(2-4-40)59-41-5-6-49(42(16-41)52-21-30-7-31(22-52)9-32(8-30)23-52)61-51-20-48(58)46(56)18-44(51)54-27-36-13-37(28-54)15-38(14-36)29-54/h1-6,16-20,30-38,57-58H,7-15,21-29,55-56H2. The van der Waals surface area contributed by atoms with E-state index in [4.69, 9.17) is 25.7 Å². The van der Waals surface area contributed by atoms with Crippen LogP contribution in [0.2, 0.25) is 0 Å². The Morgan fingerprint density at radius 2 is 0.672 bits per heavy atom. The lowest BCUT2D eigenvalue weighted by molar-refractivity contribution is -0.00718. The van der Waals surface area contributed by atoms with Crippen LogP contribution in [0.25, 0.3) is 0 Å². The normalized spacial score (nSPS) is 38.3. The number of nitrogens with two attached hydrogens (primary N) is 2. The van der Waals surface area contributed by atoms with E-state index in [1.165, 1.54) is 132 Å². The van der Waals surface area contributed by atoms with E-state index in [1.807, 2.05) is 36.4 Å². The molecule has 0 heterocycles. The predicted octanol–water partition coefficient (Wildman–Crippen LogP) is 13.0. The Morgan fingerprint density at radius 1 is 0.361 bits per heavy atom. The van der Waals surface area contributed by atoms with Gasteiger partial charge in [0.15, 0.2) is 0 Å². The molecule has 12 fully saturated rings. The minimum absolute atomic E-state index is 0.0525. The summed E-state index contributed by atoms with van der Waals surface area (Å²) in [5.74, 6) is 11.8. The van der Waals surface area contributed by atoms with Crippen molar-refractivity contribution in [2.24, 2.45) is 53.3 Å². The third-order valence-corrected chi connectivity index (χ3v) is 18.5. The maximum absolute atomic E-state index is 11.1. The van der Waals surface area contributed by atoms with Crippen molar-refractivity contribution in [1.82, 2.24) is 0 Å². The lowest BCUT2D eigenvalue weighted by Crippen LogP contribution is -2.49. The summed E-state index contributed by atoms with van der Waals surface area (Å²) in [5.41, 5.74) is 17.6. The molecule has 16 rings (SSSR count). The number of anilines is 2. The molecule has 4 aromatic rings. The maximum Gasteiger partial charge on any atom is 0.142 e. The summed E-state index contributed by atoms with van der Waals surface area (Å²) in [6, 6.07) is 22.0. The molecule has 61 heavy (non-hydrogen) atoms. The smallest absolute Gasteiger partial charge is 0.142 e. The molecule has 318 valence electrons. The van der Waals surface area contributed by atoms with Gasteiger partial charge in [0.1, 0.15) is 46.0 Å². The van der Waals surface area contributed by atoms with Crippen LogP contribution >= 0.6 is 0 Å². The maximum atomic E-state index is 11.1. The average Bonchev–Trinajstić information content (AvgIpc) is 3.20. The fourth-order valence-corrected chi connectivity index (χ4v) is 17.5. The van der Waals surface area contributed by atoms with Crippen molar-refractivity contribution >= 4 is 11.4 Å². The molecular weight excluding hydrogens is 757 g/mol. The van der Waals surface area contributed by atoms with Crippen LogP contribution in [-0.4, -0.2) is 10.2 Å². The first kappa shape index (κ1) is 37.1. The highest BCUT2D eigenvalue weighted by atomic mass is 16.5. The molecule has 12 aliphatic rings. The lowest BCUT2D eigenvalue weighted by Gasteiger charge is -2.57. The SMILES string of the molecule is Nc1cc(C23CC4CC(CC(C4)C2)C3)c(Oc2ccc(Oc3ccc(Oc4cc(O)c(N)cc4C45CC6CC(CC(C6)C4)C5)c(C45CC6CC(CC(C6)C4)C5)c3)cc2)cc1O. The average molecular weight is 819 g/mol. The fraction of sp³-hybridized carbons (Fsp3) is 0.556. The second kappa shape index (κ2) is 13.3. The van der Waals surface area contributed by atoms with E-state index in [9.17, 15) is 10.2 Å². The molecule has 12 bridgehead atoms. The number of benzene rings is 4. The summed E-state index contributed by atoms with van der Waals surface area (Å²) in [7, 11) is 0. The number of hydrogen-bond donors (Lipinski definition) is 4. The molecule has 0 spiro atoms. The second-order valence-corrected chi connectivity index (χ2v) is 22.8. The summed E-state index contributed by atoms with van der Waals surface area (Å²) in [4.78, 5) is 0. The van der Waals surface area contributed by atoms with Crippen LogP contribution in [0.3, 0.4) is 0 Å². The zero-order chi connectivity index (χ0) is 40.8. The van der Waals surface area contributed by atoms with Crippen LogP contribution in [0, 0.1) is 53.3 Å². The zero-order valence-electron chi connectivity index (χ0n) is 35.5. The largest absolute Gasteiger partial charge is 0.506 e. The molecule has 4 aromatic carbocycles. The molecule has 0 amide bonds. The van der Waals surface area contributed by atoms with E-state index in [-0.39, 0.29) is 27.7 Å². The number of phenols is 2. The minimum Gasteiger partial charge on any atom is -0.506 e. The van der Waals surface area contributed by atoms with Crippen LogP contribution in [0.1, 0.15) is 132 Å². The minimum atomic E-state index is 0.0525. The highest BCUT2D eigenvalue weighted by Crippen LogP contribution is 2.66. The van der Waals surface area contributed by atoms with Crippen molar-refractivity contribution in [3.63, 3.8) is 0 Å². The van der Waals surface area contributed by atoms with E-state index < -0.39 is 0 Å². The molecule has 7 nitrogen and oxygen atoms in total. The first-order chi connectivity index (χ1) is 29.5. The number of nitrogen functional groups attached to an aromatic ring is 2. The first-order valence-corrected chi connectivity index (χ1v) is 24.1. The number of ether oxygens (including phenoxy) is 3. The number of aromatic hydroxyl groups is 2. The van der Waals surface area contributed by atoms with Crippen molar-refractivity contribution in [2.75, 3.05) is 11.5 Å². The second-order valence-electron chi connectivity index (χ2n) is 22.8. The third-order valence-electron chi connectivity index (χ3n) is 18.5. The van der Waals surface area contributed by atoms with Gasteiger partial charge in [-0.3, -0.25) is 0 Å². The van der Waals surface area contributed by atoms with Gasteiger partial charge in [-0.1, -0.05) is 0 Å². The van der Waals surface area contributed by atoms with Gasteiger partial charge in [-0.25, -0.2) is 0 Å². The number of hydrogen-bond acceptors (Lipinski definition) is 7. The Morgan fingerprint density at radius 3 is 1.05 bits per heavy atom. The van der Waals surface area contributed by atoms with Gasteiger partial charge in [0.25, 0.3) is 0 Å². The zero-order valence-corrected chi connectivity index (χ0v) is 35.5. The van der Waals surface area contributed by atoms with Crippen molar-refractivity contribution in [3.05, 3.63) is 83.4 Å². The van der Waals surface area contributed by atoms with E-state index in [0.29, 0.717) is 17.1 Å². The highest BCUT2D eigenvalue weighted by Gasteiger charge is 2.55. The van der Waals surface area contributed by atoms with Gasteiger partial charge in [0, 0.05) is 28.8 Å². The van der Waals surface area contributed by atoms with Crippen molar-refractivity contribution in [3.8, 4) is 46.0 Å². The highest BCUT2D eigenvalue weighted by molar-refractivity contribution is 5.63. The van der Waals surface area contributed by atoms with Crippen molar-refractivity contribution in [1.29, 1.82) is 0 Å². The van der Waals surface area contributed by atoms with Crippen LogP contribution in [0.5, 0.6) is 46.0 Å². The Kier molecular flexibility index (Phi) is 8.05. The molecule has 0 aliphatic heterocycles. The Hall–Kier alpha value is -4.52. The van der Waals surface area contributed by atoms with Crippen LogP contribution in [-0.2, 0) is 16.2 Å². The molecule has 0 atom stereocenters. The Labute approximate surface area is 360 Å². The summed E-state index contributed by atoms with van der Waals surface area (Å²) in [6.45, 7) is 0. The van der Waals surface area contributed by atoms with Gasteiger partial charge in [0.2, 0.25) is 0 Å². The topological polar surface area (TPSA) is 120 Å². The molecule has 7 heteroatoms. The van der Waals surface area contributed by atoms with Gasteiger partial charge >= 0.3 is 0 Å². The molecule has 12 aliphatic carbocycles. The van der Waals surface area contributed by atoms with Crippen molar-refractivity contribution in [2.45, 2.75) is 132 Å². The van der Waals surface area contributed by atoms with Crippen LogP contribution in [0.4, 0.5) is 11.4 Å². The molecule has 6 N–H and O–H groups in total. The first-order valence-electron chi connectivity index (χ1n) is 24.1. The van der Waals surface area contributed by atoms with Crippen LogP contribution in [0.15, 0.2) is 66.7 Å². The van der Waals surface area contributed by atoms with Crippen molar-refractivity contribution < 1.29 is 24.4 Å². The van der Waals surface area contributed by atoms with E-state index in [0.717, 1.165) is 82.0 Å². The lowest BCUT2D eigenvalue weighted by atomic mass is 9.48. The van der Waals surface area contributed by atoms with Gasteiger partial charge in [0.05, 0.1) is 11.4 Å². The van der Waals surface area contributed by atoms with E-state index in [1.54, 1.807) is 6.07 Å². The summed E-state index contributed by atoms with van der Waals surface area (Å²) < 4.78 is 20.6. The van der Waals surface area contributed by atoms with Crippen LogP contribution < -0.4 is 25.7 Å². The predicted molar refractivity (Wildman–Crippen MR) is 238 cm³/mol.